The van der Waals surface area contributed by atoms with Gasteiger partial charge in [0.15, 0.2) is 0 Å². The summed E-state index contributed by atoms with van der Waals surface area (Å²) in [6.45, 7) is 2.89. The van der Waals surface area contributed by atoms with E-state index in [1.165, 1.54) is 6.42 Å². The van der Waals surface area contributed by atoms with Crippen molar-refractivity contribution in [1.29, 1.82) is 0 Å². The van der Waals surface area contributed by atoms with E-state index in [0.717, 1.165) is 30.9 Å². The van der Waals surface area contributed by atoms with Gasteiger partial charge in [0.2, 0.25) is 5.91 Å². The Bertz CT molecular complexity index is 343. The smallest absolute Gasteiger partial charge is 0.220 e. The van der Waals surface area contributed by atoms with Gasteiger partial charge in [0.05, 0.1) is 5.01 Å². The molecule has 2 rings (SSSR count). The van der Waals surface area contributed by atoms with Crippen LogP contribution in [-0.4, -0.2) is 30.5 Å². The van der Waals surface area contributed by atoms with Crippen molar-refractivity contribution < 1.29 is 4.79 Å². The Hall–Kier alpha value is -0.360. The lowest BCUT2D eigenvalue weighted by atomic mass is 10.0. The summed E-state index contributed by atoms with van der Waals surface area (Å²) in [6.07, 6.45) is 5.52. The molecule has 2 heterocycles. The zero-order valence-electron chi connectivity index (χ0n) is 10.8. The fourth-order valence-corrected chi connectivity index (χ4v) is 2.69. The van der Waals surface area contributed by atoms with Crippen LogP contribution in [0.2, 0.25) is 0 Å². The highest BCUT2D eigenvalue weighted by atomic mass is 35.5. The van der Waals surface area contributed by atoms with Gasteiger partial charge in [-0.3, -0.25) is 4.79 Å². The Morgan fingerprint density at radius 1 is 1.53 bits per heavy atom. The Balaban J connectivity index is 0.00000162. The molecule has 1 amide bonds. The Morgan fingerprint density at radius 2 is 2.37 bits per heavy atom. The predicted molar refractivity (Wildman–Crippen MR) is 83.5 cm³/mol. The van der Waals surface area contributed by atoms with Crippen LogP contribution in [0, 0.1) is 5.92 Å². The molecule has 1 unspecified atom stereocenters. The van der Waals surface area contributed by atoms with E-state index in [1.54, 1.807) is 17.5 Å². The Morgan fingerprint density at radius 3 is 3.00 bits per heavy atom. The molecule has 0 spiro atoms. The summed E-state index contributed by atoms with van der Waals surface area (Å²) in [4.78, 5) is 15.8. The van der Waals surface area contributed by atoms with Crippen LogP contribution in [0.5, 0.6) is 0 Å². The van der Waals surface area contributed by atoms with E-state index < -0.39 is 0 Å². The van der Waals surface area contributed by atoms with Crippen molar-refractivity contribution >= 4 is 42.1 Å². The summed E-state index contributed by atoms with van der Waals surface area (Å²) >= 11 is 1.64. The molecule has 1 aliphatic rings. The lowest BCUT2D eigenvalue weighted by molar-refractivity contribution is -0.121. The van der Waals surface area contributed by atoms with Crippen molar-refractivity contribution in [2.24, 2.45) is 5.92 Å². The summed E-state index contributed by atoms with van der Waals surface area (Å²) in [5.41, 5.74) is 0. The van der Waals surface area contributed by atoms with Gasteiger partial charge in [-0.25, -0.2) is 4.98 Å². The average Bonchev–Trinajstić information content (AvgIpc) is 2.99. The highest BCUT2D eigenvalue weighted by molar-refractivity contribution is 7.09. The maximum Gasteiger partial charge on any atom is 0.220 e. The quantitative estimate of drug-likeness (QED) is 0.841. The highest BCUT2D eigenvalue weighted by Crippen LogP contribution is 2.13. The molecule has 0 aliphatic carbocycles. The van der Waals surface area contributed by atoms with Crippen molar-refractivity contribution in [3.63, 3.8) is 0 Å². The normalized spacial score (nSPS) is 17.4. The first-order valence-corrected chi connectivity index (χ1v) is 7.08. The van der Waals surface area contributed by atoms with Crippen molar-refractivity contribution in [3.8, 4) is 0 Å². The van der Waals surface area contributed by atoms with Gasteiger partial charge in [-0.15, -0.1) is 36.2 Å². The second-order valence-electron chi connectivity index (χ2n) is 4.42. The van der Waals surface area contributed by atoms with Crippen molar-refractivity contribution in [1.82, 2.24) is 15.6 Å². The standard InChI is InChI=1S/C12H19N3OS.2ClH/c16-11(2-1-10-3-5-13-9-10)14-6-4-12-15-7-8-17-12;;/h7-8,10,13H,1-6,9H2,(H,14,16);2*1H. The number of thiazole rings is 1. The van der Waals surface area contributed by atoms with Crippen LogP contribution < -0.4 is 10.6 Å². The van der Waals surface area contributed by atoms with Gasteiger partial charge in [-0.2, -0.15) is 0 Å². The van der Waals surface area contributed by atoms with E-state index in [1.807, 2.05) is 5.38 Å². The van der Waals surface area contributed by atoms with Crippen LogP contribution in [0.3, 0.4) is 0 Å². The number of carbonyl (C=O) groups is 1. The summed E-state index contributed by atoms with van der Waals surface area (Å²) in [7, 11) is 0. The maximum absolute atomic E-state index is 11.6. The first-order valence-electron chi connectivity index (χ1n) is 6.20. The van der Waals surface area contributed by atoms with E-state index >= 15 is 0 Å². The van der Waals surface area contributed by atoms with Crippen LogP contribution in [-0.2, 0) is 11.2 Å². The molecule has 0 bridgehead atoms. The minimum Gasteiger partial charge on any atom is -0.356 e. The fraction of sp³-hybridized carbons (Fsp3) is 0.667. The minimum absolute atomic E-state index is 0. The van der Waals surface area contributed by atoms with E-state index in [9.17, 15) is 4.79 Å². The van der Waals surface area contributed by atoms with Gasteiger partial charge >= 0.3 is 0 Å². The number of nitrogens with one attached hydrogen (secondary N) is 2. The topological polar surface area (TPSA) is 54.0 Å². The third-order valence-electron chi connectivity index (χ3n) is 3.09. The number of hydrogen-bond donors (Lipinski definition) is 2. The van der Waals surface area contributed by atoms with Crippen molar-refractivity contribution in [2.45, 2.75) is 25.7 Å². The molecule has 7 heteroatoms. The molecule has 0 radical (unpaired) electrons. The molecule has 0 aromatic carbocycles. The molecule has 1 fully saturated rings. The molecule has 2 N–H and O–H groups in total. The highest BCUT2D eigenvalue weighted by Gasteiger charge is 2.15. The molecule has 110 valence electrons. The SMILES string of the molecule is Cl.Cl.O=C(CCC1CCNC1)NCCc1nccs1. The van der Waals surface area contributed by atoms with Crippen LogP contribution >= 0.6 is 36.2 Å². The summed E-state index contributed by atoms with van der Waals surface area (Å²) < 4.78 is 0. The monoisotopic (exact) mass is 325 g/mol. The molecule has 1 aromatic heterocycles. The predicted octanol–water partition coefficient (Wildman–Crippen LogP) is 2.04. The van der Waals surface area contributed by atoms with Gasteiger partial charge in [0, 0.05) is 31.0 Å². The number of aromatic nitrogens is 1. The molecule has 4 nitrogen and oxygen atoms in total. The maximum atomic E-state index is 11.6. The molecule has 1 aromatic rings. The van der Waals surface area contributed by atoms with E-state index in [0.29, 0.717) is 18.9 Å². The number of amides is 1. The van der Waals surface area contributed by atoms with Crippen molar-refractivity contribution in [2.75, 3.05) is 19.6 Å². The second-order valence-corrected chi connectivity index (χ2v) is 5.40. The zero-order chi connectivity index (χ0) is 11.9. The molecular weight excluding hydrogens is 305 g/mol. The summed E-state index contributed by atoms with van der Waals surface area (Å²) in [5, 5.41) is 9.32. The zero-order valence-corrected chi connectivity index (χ0v) is 13.2. The minimum atomic E-state index is 0. The van der Waals surface area contributed by atoms with Crippen LogP contribution in [0.25, 0.3) is 0 Å². The molecule has 1 atom stereocenters. The fourth-order valence-electron chi connectivity index (χ4n) is 2.07. The van der Waals surface area contributed by atoms with Crippen LogP contribution in [0.4, 0.5) is 0 Å². The lowest BCUT2D eigenvalue weighted by Gasteiger charge is -2.08. The Kier molecular flexibility index (Phi) is 10.2. The van der Waals surface area contributed by atoms with Gasteiger partial charge < -0.3 is 10.6 Å². The molecule has 1 aliphatic heterocycles. The second kappa shape index (κ2) is 10.4. The molecule has 19 heavy (non-hydrogen) atoms. The molecule has 0 saturated carbocycles. The first-order chi connectivity index (χ1) is 8.34. The van der Waals surface area contributed by atoms with Crippen LogP contribution in [0.1, 0.15) is 24.3 Å². The van der Waals surface area contributed by atoms with Crippen molar-refractivity contribution in [3.05, 3.63) is 16.6 Å². The summed E-state index contributed by atoms with van der Waals surface area (Å²) in [6, 6.07) is 0. The number of nitrogens with zero attached hydrogens (tertiary/aromatic N) is 1. The largest absolute Gasteiger partial charge is 0.356 e. The third-order valence-corrected chi connectivity index (χ3v) is 3.93. The summed E-state index contributed by atoms with van der Waals surface area (Å²) in [5.74, 6) is 0.869. The number of halogens is 2. The van der Waals surface area contributed by atoms with Gasteiger partial charge in [-0.1, -0.05) is 0 Å². The lowest BCUT2D eigenvalue weighted by Crippen LogP contribution is -2.26. The van der Waals surface area contributed by atoms with Gasteiger partial charge in [-0.05, 0) is 31.8 Å². The van der Waals surface area contributed by atoms with E-state index in [2.05, 4.69) is 15.6 Å². The first kappa shape index (κ1) is 18.6. The number of hydrogen-bond acceptors (Lipinski definition) is 4. The number of carbonyl (C=O) groups excluding carboxylic acids is 1. The molecule has 1 saturated heterocycles. The average molecular weight is 326 g/mol. The molecular formula is C12H21Cl2N3OS. The van der Waals surface area contributed by atoms with E-state index in [-0.39, 0.29) is 30.7 Å². The number of rotatable bonds is 6. The Labute approximate surface area is 130 Å². The third kappa shape index (κ3) is 7.11. The van der Waals surface area contributed by atoms with Gasteiger partial charge in [0.1, 0.15) is 0 Å². The van der Waals surface area contributed by atoms with Crippen LogP contribution in [0.15, 0.2) is 11.6 Å². The van der Waals surface area contributed by atoms with Gasteiger partial charge in [0.25, 0.3) is 0 Å². The van der Waals surface area contributed by atoms with E-state index in [4.69, 9.17) is 0 Å².